The van der Waals surface area contributed by atoms with Gasteiger partial charge in [0.1, 0.15) is 11.5 Å². The van der Waals surface area contributed by atoms with Crippen molar-refractivity contribution in [1.29, 1.82) is 0 Å². The van der Waals surface area contributed by atoms with Crippen LogP contribution in [0.25, 0.3) is 0 Å². The molecule has 1 aliphatic rings. The van der Waals surface area contributed by atoms with Crippen molar-refractivity contribution >= 4 is 23.2 Å². The normalized spacial score (nSPS) is 28.6. The number of hydrogen-bond acceptors (Lipinski definition) is 4. The first-order valence-corrected chi connectivity index (χ1v) is 7.44. The Hall–Kier alpha value is -1.65. The van der Waals surface area contributed by atoms with Gasteiger partial charge in [-0.15, -0.1) is 0 Å². The number of carbonyl (C=O) groups is 2. The fraction of sp³-hybridized carbons (Fsp3) is 0.412. The lowest BCUT2D eigenvalue weighted by molar-refractivity contribution is -0.132. The molecule has 2 N–H and O–H groups in total. The van der Waals surface area contributed by atoms with Gasteiger partial charge in [-0.3, -0.25) is 9.59 Å². The van der Waals surface area contributed by atoms with Crippen LogP contribution >= 0.6 is 11.6 Å². The van der Waals surface area contributed by atoms with E-state index in [-0.39, 0.29) is 29.3 Å². The molecule has 0 unspecified atom stereocenters. The first kappa shape index (κ1) is 16.7. The van der Waals surface area contributed by atoms with Gasteiger partial charge in [0, 0.05) is 22.9 Å². The van der Waals surface area contributed by atoms with E-state index >= 15 is 0 Å². The lowest BCUT2D eigenvalue weighted by Gasteiger charge is -2.42. The molecule has 0 aromatic heterocycles. The van der Waals surface area contributed by atoms with Crippen LogP contribution in [0.3, 0.4) is 0 Å². The summed E-state index contributed by atoms with van der Waals surface area (Å²) in [5, 5.41) is 21.4. The molecule has 1 aromatic rings. The molecule has 0 fully saturated rings. The molecule has 0 heterocycles. The molecular weight excluding hydrogens is 304 g/mol. The van der Waals surface area contributed by atoms with Crippen LogP contribution in [0.4, 0.5) is 0 Å². The third-order valence-electron chi connectivity index (χ3n) is 4.20. The van der Waals surface area contributed by atoms with Gasteiger partial charge in [-0.2, -0.15) is 0 Å². The first-order valence-electron chi connectivity index (χ1n) is 7.06. The van der Waals surface area contributed by atoms with Gasteiger partial charge < -0.3 is 10.2 Å². The Kier molecular flexibility index (Phi) is 4.45. The molecule has 0 radical (unpaired) electrons. The van der Waals surface area contributed by atoms with Crippen LogP contribution in [0.15, 0.2) is 35.6 Å². The molecule has 3 atom stereocenters. The number of aliphatic hydroxyl groups excluding tert-OH is 1. The Morgan fingerprint density at radius 3 is 2.23 bits per heavy atom. The maximum Gasteiger partial charge on any atom is 0.159 e. The number of Topliss-reactive ketones (excluding diaryl/α,β-unsaturated/α-hetero) is 2. The van der Waals surface area contributed by atoms with Crippen molar-refractivity contribution in [2.45, 2.75) is 38.7 Å². The van der Waals surface area contributed by atoms with E-state index in [0.29, 0.717) is 10.6 Å². The average molecular weight is 323 g/mol. The smallest absolute Gasteiger partial charge is 0.159 e. The summed E-state index contributed by atoms with van der Waals surface area (Å²) in [5.74, 6) is -2.18. The minimum Gasteiger partial charge on any atom is -0.512 e. The molecule has 4 nitrogen and oxygen atoms in total. The number of ketones is 2. The molecule has 0 spiro atoms. The predicted molar refractivity (Wildman–Crippen MR) is 83.9 cm³/mol. The number of hydrogen-bond donors (Lipinski definition) is 2. The van der Waals surface area contributed by atoms with Gasteiger partial charge in [0.2, 0.25) is 0 Å². The summed E-state index contributed by atoms with van der Waals surface area (Å²) in [7, 11) is 0. The second-order valence-corrected chi connectivity index (χ2v) is 6.50. The highest BCUT2D eigenvalue weighted by Gasteiger charge is 2.49. The summed E-state index contributed by atoms with van der Waals surface area (Å²) in [6.07, 6.45) is -0.115. The maximum atomic E-state index is 12.1. The Morgan fingerprint density at radius 2 is 1.77 bits per heavy atom. The van der Waals surface area contributed by atoms with E-state index < -0.39 is 17.4 Å². The quantitative estimate of drug-likeness (QED) is 0.896. The fourth-order valence-corrected chi connectivity index (χ4v) is 3.50. The van der Waals surface area contributed by atoms with Crippen LogP contribution in [0, 0.1) is 5.92 Å². The molecule has 0 bridgehead atoms. The topological polar surface area (TPSA) is 74.6 Å². The minimum atomic E-state index is -1.42. The van der Waals surface area contributed by atoms with Crippen LogP contribution in [0.5, 0.6) is 0 Å². The van der Waals surface area contributed by atoms with Crippen molar-refractivity contribution in [3.05, 3.63) is 46.2 Å². The van der Waals surface area contributed by atoms with Gasteiger partial charge in [0.15, 0.2) is 5.78 Å². The van der Waals surface area contributed by atoms with E-state index in [1.165, 1.54) is 20.8 Å². The van der Waals surface area contributed by atoms with E-state index in [4.69, 9.17) is 11.6 Å². The number of carbonyl (C=O) groups excluding carboxylic acids is 2. The Labute approximate surface area is 134 Å². The molecule has 1 aromatic carbocycles. The lowest BCUT2D eigenvalue weighted by Crippen LogP contribution is -2.47. The lowest BCUT2D eigenvalue weighted by atomic mass is 9.64. The van der Waals surface area contributed by atoms with Crippen molar-refractivity contribution < 1.29 is 19.8 Å². The van der Waals surface area contributed by atoms with Crippen LogP contribution in [-0.4, -0.2) is 27.4 Å². The van der Waals surface area contributed by atoms with Gasteiger partial charge in [0.25, 0.3) is 0 Å². The van der Waals surface area contributed by atoms with E-state index in [9.17, 15) is 19.8 Å². The minimum absolute atomic E-state index is 0.115. The SMILES string of the molecule is CC(=O)C1=C(O)C[C@](C)(O)[C@@H](C(C)=O)[C@@H]1c1ccc(Cl)cc1. The summed E-state index contributed by atoms with van der Waals surface area (Å²) in [5.41, 5.74) is -0.561. The summed E-state index contributed by atoms with van der Waals surface area (Å²) in [4.78, 5) is 24.1. The zero-order valence-corrected chi connectivity index (χ0v) is 13.5. The standard InChI is InChI=1S/C17H19ClO4/c1-9(19)14-13(21)8-17(3,22)16(10(2)20)15(14)11-4-6-12(18)7-5-11/h4-7,15-16,21-22H,8H2,1-3H3/t15-,16+,17+/m1/s1. The van der Waals surface area contributed by atoms with E-state index in [1.54, 1.807) is 24.3 Å². The highest BCUT2D eigenvalue weighted by molar-refractivity contribution is 6.30. The van der Waals surface area contributed by atoms with Gasteiger partial charge in [-0.25, -0.2) is 0 Å². The second-order valence-electron chi connectivity index (χ2n) is 6.07. The van der Waals surface area contributed by atoms with Crippen LogP contribution in [0.1, 0.15) is 38.7 Å². The number of aliphatic hydroxyl groups is 2. The highest BCUT2D eigenvalue weighted by atomic mass is 35.5. The Morgan fingerprint density at radius 1 is 1.23 bits per heavy atom. The summed E-state index contributed by atoms with van der Waals surface area (Å²) in [6, 6.07) is 6.74. The van der Waals surface area contributed by atoms with Gasteiger partial charge in [-0.1, -0.05) is 23.7 Å². The largest absolute Gasteiger partial charge is 0.512 e. The van der Waals surface area contributed by atoms with Gasteiger partial charge in [-0.05, 0) is 38.5 Å². The number of benzene rings is 1. The van der Waals surface area contributed by atoms with Crippen molar-refractivity contribution in [3.8, 4) is 0 Å². The molecule has 5 heteroatoms. The van der Waals surface area contributed by atoms with Crippen LogP contribution < -0.4 is 0 Å². The van der Waals surface area contributed by atoms with E-state index in [2.05, 4.69) is 0 Å². The molecule has 118 valence electrons. The Balaban J connectivity index is 2.69. The summed E-state index contributed by atoms with van der Waals surface area (Å²) >= 11 is 5.89. The molecule has 1 aliphatic carbocycles. The molecule has 22 heavy (non-hydrogen) atoms. The van der Waals surface area contributed by atoms with Gasteiger partial charge in [0.05, 0.1) is 11.5 Å². The van der Waals surface area contributed by atoms with Crippen LogP contribution in [-0.2, 0) is 9.59 Å². The van der Waals surface area contributed by atoms with Crippen LogP contribution in [0.2, 0.25) is 5.02 Å². The number of rotatable bonds is 3. The molecule has 0 aliphatic heterocycles. The van der Waals surface area contributed by atoms with Crippen molar-refractivity contribution in [1.82, 2.24) is 0 Å². The monoisotopic (exact) mass is 322 g/mol. The van der Waals surface area contributed by atoms with Gasteiger partial charge >= 0.3 is 0 Å². The molecular formula is C17H19ClO4. The highest BCUT2D eigenvalue weighted by Crippen LogP contribution is 2.47. The summed E-state index contributed by atoms with van der Waals surface area (Å²) < 4.78 is 0. The third-order valence-corrected chi connectivity index (χ3v) is 4.45. The Bertz CT molecular complexity index is 643. The van der Waals surface area contributed by atoms with Crippen molar-refractivity contribution in [2.24, 2.45) is 5.92 Å². The van der Waals surface area contributed by atoms with E-state index in [1.807, 2.05) is 0 Å². The zero-order valence-electron chi connectivity index (χ0n) is 12.8. The molecule has 0 amide bonds. The molecule has 2 rings (SSSR count). The average Bonchev–Trinajstić information content (AvgIpc) is 2.36. The number of halogens is 1. The second kappa shape index (κ2) is 5.86. The predicted octanol–water partition coefficient (Wildman–Crippen LogP) is 3.18. The van der Waals surface area contributed by atoms with Crippen molar-refractivity contribution in [3.63, 3.8) is 0 Å². The fourth-order valence-electron chi connectivity index (χ4n) is 3.37. The molecule has 0 saturated heterocycles. The summed E-state index contributed by atoms with van der Waals surface area (Å²) in [6.45, 7) is 4.25. The zero-order chi connectivity index (χ0) is 16.7. The number of allylic oxidation sites excluding steroid dienone is 1. The molecule has 0 saturated carbocycles. The van der Waals surface area contributed by atoms with Crippen molar-refractivity contribution in [2.75, 3.05) is 0 Å². The maximum absolute atomic E-state index is 12.1. The third kappa shape index (κ3) is 2.94. The van der Waals surface area contributed by atoms with E-state index in [0.717, 1.165) is 0 Å². The first-order chi connectivity index (χ1) is 10.1.